The molecule has 1 atom stereocenters. The molecule has 0 amide bonds. The second-order valence-corrected chi connectivity index (χ2v) is 3.72. The van der Waals surface area contributed by atoms with Gasteiger partial charge in [0.15, 0.2) is 11.5 Å². The molecule has 0 saturated heterocycles. The Kier molecular flexibility index (Phi) is 4.86. The summed E-state index contributed by atoms with van der Waals surface area (Å²) in [5.74, 6) is 1.12. The zero-order valence-corrected chi connectivity index (χ0v) is 10.3. The Hall–Kier alpha value is -0.970. The first-order valence-corrected chi connectivity index (χ1v) is 5.47. The van der Waals surface area contributed by atoms with Crippen LogP contribution in [0.1, 0.15) is 18.5 Å². The zero-order valence-electron chi connectivity index (χ0n) is 9.50. The van der Waals surface area contributed by atoms with E-state index in [9.17, 15) is 0 Å². The number of ether oxygens (including phenoxy) is 2. The van der Waals surface area contributed by atoms with Gasteiger partial charge in [0.25, 0.3) is 0 Å². The summed E-state index contributed by atoms with van der Waals surface area (Å²) in [4.78, 5) is 0. The van der Waals surface area contributed by atoms with Gasteiger partial charge in [0.05, 0.1) is 18.7 Å². The summed E-state index contributed by atoms with van der Waals surface area (Å²) < 4.78 is 10.6. The molecule has 0 radical (unpaired) electrons. The molecule has 0 spiro atoms. The second kappa shape index (κ2) is 5.94. The molecule has 90 valence electrons. The lowest BCUT2D eigenvalue weighted by Gasteiger charge is -2.15. The molecule has 1 unspecified atom stereocenters. The first-order valence-electron chi connectivity index (χ1n) is 5.09. The molecular formula is C11H17ClN2O2. The van der Waals surface area contributed by atoms with E-state index in [1.165, 1.54) is 0 Å². The molecule has 16 heavy (non-hydrogen) atoms. The minimum atomic E-state index is -0.248. The Morgan fingerprint density at radius 2 is 2.12 bits per heavy atom. The molecule has 0 aliphatic rings. The van der Waals surface area contributed by atoms with E-state index in [4.69, 9.17) is 32.5 Å². The molecule has 1 aromatic carbocycles. The van der Waals surface area contributed by atoms with E-state index in [-0.39, 0.29) is 6.04 Å². The minimum absolute atomic E-state index is 0.248. The summed E-state index contributed by atoms with van der Waals surface area (Å²) in [6, 6.07) is 3.31. The number of halogens is 1. The molecule has 1 aromatic rings. The lowest BCUT2D eigenvalue weighted by atomic mass is 10.1. The van der Waals surface area contributed by atoms with Crippen molar-refractivity contribution >= 4 is 11.6 Å². The summed E-state index contributed by atoms with van der Waals surface area (Å²) in [5, 5.41) is 0.486. The normalized spacial score (nSPS) is 12.3. The third-order valence-corrected chi connectivity index (χ3v) is 2.50. The van der Waals surface area contributed by atoms with Crippen LogP contribution in [0.3, 0.4) is 0 Å². The van der Waals surface area contributed by atoms with Gasteiger partial charge in [0.2, 0.25) is 0 Å². The molecule has 5 heteroatoms. The Morgan fingerprint density at radius 1 is 1.44 bits per heavy atom. The molecule has 0 bridgehead atoms. The van der Waals surface area contributed by atoms with E-state index >= 15 is 0 Å². The fourth-order valence-corrected chi connectivity index (χ4v) is 1.65. The van der Waals surface area contributed by atoms with Crippen molar-refractivity contribution in [3.8, 4) is 11.5 Å². The number of nitrogens with two attached hydrogens (primary N) is 2. The van der Waals surface area contributed by atoms with Gasteiger partial charge in [-0.15, -0.1) is 0 Å². The minimum Gasteiger partial charge on any atom is -0.493 e. The van der Waals surface area contributed by atoms with Crippen molar-refractivity contribution in [1.29, 1.82) is 0 Å². The van der Waals surface area contributed by atoms with Crippen LogP contribution in [-0.2, 0) is 0 Å². The van der Waals surface area contributed by atoms with Gasteiger partial charge in [0, 0.05) is 12.6 Å². The van der Waals surface area contributed by atoms with Gasteiger partial charge in [-0.2, -0.15) is 0 Å². The highest BCUT2D eigenvalue weighted by atomic mass is 35.5. The summed E-state index contributed by atoms with van der Waals surface area (Å²) in [7, 11) is 1.56. The summed E-state index contributed by atoms with van der Waals surface area (Å²) in [6.45, 7) is 2.77. The van der Waals surface area contributed by atoms with Crippen LogP contribution in [0.25, 0.3) is 0 Å². The molecule has 0 aliphatic carbocycles. The van der Waals surface area contributed by atoms with E-state index < -0.39 is 0 Å². The van der Waals surface area contributed by atoms with Gasteiger partial charge in [-0.05, 0) is 24.6 Å². The summed E-state index contributed by atoms with van der Waals surface area (Å²) >= 11 is 6.09. The highest BCUT2D eigenvalue weighted by Gasteiger charge is 2.14. The average Bonchev–Trinajstić information content (AvgIpc) is 2.30. The maximum absolute atomic E-state index is 6.09. The largest absolute Gasteiger partial charge is 0.493 e. The second-order valence-electron chi connectivity index (χ2n) is 3.31. The summed E-state index contributed by atoms with van der Waals surface area (Å²) in [5.41, 5.74) is 12.2. The maximum atomic E-state index is 6.09. The van der Waals surface area contributed by atoms with Crippen molar-refractivity contribution in [2.45, 2.75) is 13.0 Å². The fraction of sp³-hybridized carbons (Fsp3) is 0.455. The predicted molar refractivity (Wildman–Crippen MR) is 65.2 cm³/mol. The van der Waals surface area contributed by atoms with Crippen LogP contribution in [-0.4, -0.2) is 20.3 Å². The number of hydrogen-bond donors (Lipinski definition) is 2. The number of hydrogen-bond acceptors (Lipinski definition) is 4. The van der Waals surface area contributed by atoms with E-state index in [0.717, 1.165) is 5.56 Å². The van der Waals surface area contributed by atoms with E-state index in [1.54, 1.807) is 19.2 Å². The Bertz CT molecular complexity index is 358. The molecule has 0 saturated carbocycles. The number of rotatable bonds is 5. The average molecular weight is 245 g/mol. The monoisotopic (exact) mass is 244 g/mol. The maximum Gasteiger partial charge on any atom is 0.179 e. The fourth-order valence-electron chi connectivity index (χ4n) is 1.37. The van der Waals surface area contributed by atoms with Crippen molar-refractivity contribution in [2.75, 3.05) is 20.3 Å². The predicted octanol–water partition coefficient (Wildman–Crippen LogP) is 1.71. The highest BCUT2D eigenvalue weighted by molar-refractivity contribution is 6.32. The van der Waals surface area contributed by atoms with Crippen molar-refractivity contribution in [3.05, 3.63) is 22.7 Å². The van der Waals surface area contributed by atoms with Crippen molar-refractivity contribution < 1.29 is 9.47 Å². The number of methoxy groups -OCH3 is 1. The molecule has 0 fully saturated rings. The first kappa shape index (κ1) is 13.1. The summed E-state index contributed by atoms with van der Waals surface area (Å²) in [6.07, 6.45) is 0. The molecule has 0 aromatic heterocycles. The first-order chi connectivity index (χ1) is 7.63. The van der Waals surface area contributed by atoms with Gasteiger partial charge < -0.3 is 20.9 Å². The Morgan fingerprint density at radius 3 is 2.62 bits per heavy atom. The van der Waals surface area contributed by atoms with Crippen LogP contribution in [0.2, 0.25) is 5.02 Å². The van der Waals surface area contributed by atoms with Gasteiger partial charge in [0.1, 0.15) is 0 Å². The van der Waals surface area contributed by atoms with Gasteiger partial charge >= 0.3 is 0 Å². The van der Waals surface area contributed by atoms with Gasteiger partial charge in [-0.3, -0.25) is 0 Å². The standard InChI is InChI=1S/C11H17ClN2O2/c1-3-16-11-8(12)4-7(9(14)6-13)5-10(11)15-2/h4-5,9H,3,6,13-14H2,1-2H3. The third-order valence-electron chi connectivity index (χ3n) is 2.22. The van der Waals surface area contributed by atoms with E-state index in [0.29, 0.717) is 29.7 Å². The quantitative estimate of drug-likeness (QED) is 0.827. The van der Waals surface area contributed by atoms with Crippen LogP contribution < -0.4 is 20.9 Å². The van der Waals surface area contributed by atoms with Crippen molar-refractivity contribution in [1.82, 2.24) is 0 Å². The van der Waals surface area contributed by atoms with E-state index in [2.05, 4.69) is 0 Å². The molecule has 0 aliphatic heterocycles. The molecule has 1 rings (SSSR count). The SMILES string of the molecule is CCOc1c(Cl)cc(C(N)CN)cc1OC. The van der Waals surface area contributed by atoms with Crippen LogP contribution in [0.4, 0.5) is 0 Å². The van der Waals surface area contributed by atoms with Gasteiger partial charge in [-0.25, -0.2) is 0 Å². The highest BCUT2D eigenvalue weighted by Crippen LogP contribution is 2.37. The van der Waals surface area contributed by atoms with Crippen LogP contribution in [0.15, 0.2) is 12.1 Å². The smallest absolute Gasteiger partial charge is 0.179 e. The molecule has 4 N–H and O–H groups in total. The van der Waals surface area contributed by atoms with Crippen LogP contribution in [0, 0.1) is 0 Å². The van der Waals surface area contributed by atoms with Crippen molar-refractivity contribution in [2.24, 2.45) is 11.5 Å². The lowest BCUT2D eigenvalue weighted by molar-refractivity contribution is 0.310. The van der Waals surface area contributed by atoms with Crippen LogP contribution >= 0.6 is 11.6 Å². The number of benzene rings is 1. The van der Waals surface area contributed by atoms with Crippen LogP contribution in [0.5, 0.6) is 11.5 Å². The zero-order chi connectivity index (χ0) is 12.1. The van der Waals surface area contributed by atoms with Crippen molar-refractivity contribution in [3.63, 3.8) is 0 Å². The Balaban J connectivity index is 3.15. The topological polar surface area (TPSA) is 70.5 Å². The molecule has 0 heterocycles. The van der Waals surface area contributed by atoms with E-state index in [1.807, 2.05) is 6.92 Å². The third kappa shape index (κ3) is 2.78. The lowest BCUT2D eigenvalue weighted by Crippen LogP contribution is -2.20. The Labute approximate surface area is 100 Å². The molecule has 4 nitrogen and oxygen atoms in total. The molecular weight excluding hydrogens is 228 g/mol. The van der Waals surface area contributed by atoms with Gasteiger partial charge in [-0.1, -0.05) is 11.6 Å².